The predicted octanol–water partition coefficient (Wildman–Crippen LogP) is 2.63. The fraction of sp³-hybridized carbons (Fsp3) is 0.464. The van der Waals surface area contributed by atoms with Crippen molar-refractivity contribution in [3.8, 4) is 5.75 Å². The molecule has 5 rings (SSSR count). The van der Waals surface area contributed by atoms with Crippen LogP contribution in [0.4, 0.5) is 5.69 Å². The molecule has 3 amide bonds. The first-order valence-electron chi connectivity index (χ1n) is 12.8. The molecule has 2 aromatic carbocycles. The molecule has 0 radical (unpaired) electrons. The third-order valence-electron chi connectivity index (χ3n) is 7.46. The highest BCUT2D eigenvalue weighted by Crippen LogP contribution is 2.33. The van der Waals surface area contributed by atoms with Crippen LogP contribution in [0.15, 0.2) is 42.5 Å². The average Bonchev–Trinajstić information content (AvgIpc) is 2.91. The Morgan fingerprint density at radius 2 is 1.95 bits per heavy atom. The third kappa shape index (κ3) is 5.47. The summed E-state index contributed by atoms with van der Waals surface area (Å²) in [5.41, 5.74) is 3.41. The molecule has 3 atom stereocenters. The Hall–Kier alpha value is -3.43. The van der Waals surface area contributed by atoms with E-state index in [1.54, 1.807) is 30.1 Å². The van der Waals surface area contributed by atoms with Crippen molar-refractivity contribution in [1.82, 2.24) is 9.80 Å². The number of nitrogens with zero attached hydrogens (tertiary/aromatic N) is 2. The van der Waals surface area contributed by atoms with E-state index in [1.165, 1.54) is 18.2 Å². The molecule has 1 saturated heterocycles. The van der Waals surface area contributed by atoms with E-state index in [0.29, 0.717) is 36.4 Å². The van der Waals surface area contributed by atoms with Gasteiger partial charge in [-0.1, -0.05) is 24.3 Å². The van der Waals surface area contributed by atoms with Crippen LogP contribution in [0.1, 0.15) is 40.7 Å². The van der Waals surface area contributed by atoms with Crippen molar-refractivity contribution in [3.05, 3.63) is 59.2 Å². The molecule has 37 heavy (non-hydrogen) atoms. The number of hydrogen-bond donors (Lipinski definition) is 1. The third-order valence-corrected chi connectivity index (χ3v) is 7.46. The minimum Gasteiger partial charge on any atom is -0.490 e. The van der Waals surface area contributed by atoms with Crippen LogP contribution < -0.4 is 10.1 Å². The van der Waals surface area contributed by atoms with Crippen molar-refractivity contribution in [1.29, 1.82) is 0 Å². The van der Waals surface area contributed by atoms with E-state index in [2.05, 4.69) is 17.4 Å². The van der Waals surface area contributed by atoms with Crippen LogP contribution in [0.25, 0.3) is 0 Å². The second kappa shape index (κ2) is 10.9. The van der Waals surface area contributed by atoms with Crippen molar-refractivity contribution in [2.24, 2.45) is 0 Å². The van der Waals surface area contributed by atoms with Gasteiger partial charge >= 0.3 is 0 Å². The van der Waals surface area contributed by atoms with Gasteiger partial charge in [0.15, 0.2) is 0 Å². The fourth-order valence-electron chi connectivity index (χ4n) is 5.47. The lowest BCUT2D eigenvalue weighted by molar-refractivity contribution is -0.143. The van der Waals surface area contributed by atoms with Crippen LogP contribution in [0.5, 0.6) is 5.75 Å². The van der Waals surface area contributed by atoms with E-state index < -0.39 is 0 Å². The molecular formula is C28H33N3O6. The zero-order valence-corrected chi connectivity index (χ0v) is 21.3. The number of nitrogens with one attached hydrogen (secondary N) is 1. The standard InChI is InChI=1S/C28H33N3O6/c1-30-23-9-8-21(14-27(33)31-12-11-18-5-3-4-6-19(18)15-31)37-25(23)16-36-24-10-7-20(13-22(24)28(30)34)29-26(32)17-35-2/h3-7,10,13,21,23,25H,8-9,11-12,14-17H2,1-2H3,(H,29,32)/t21-,23+,25+/m1/s1. The van der Waals surface area contributed by atoms with Gasteiger partial charge in [0.25, 0.3) is 5.91 Å². The molecule has 9 nitrogen and oxygen atoms in total. The van der Waals surface area contributed by atoms with Crippen molar-refractivity contribution < 1.29 is 28.6 Å². The van der Waals surface area contributed by atoms with Gasteiger partial charge in [0.2, 0.25) is 11.8 Å². The molecule has 3 heterocycles. The van der Waals surface area contributed by atoms with Gasteiger partial charge in [0.05, 0.1) is 24.1 Å². The molecule has 0 aliphatic carbocycles. The van der Waals surface area contributed by atoms with Crippen LogP contribution in [0.3, 0.4) is 0 Å². The molecule has 3 aliphatic rings. The van der Waals surface area contributed by atoms with Gasteiger partial charge in [-0.25, -0.2) is 0 Å². The summed E-state index contributed by atoms with van der Waals surface area (Å²) < 4.78 is 17.2. The fourth-order valence-corrected chi connectivity index (χ4v) is 5.47. The van der Waals surface area contributed by atoms with Crippen LogP contribution in [0.2, 0.25) is 0 Å². The van der Waals surface area contributed by atoms with Crippen molar-refractivity contribution in [2.45, 2.75) is 50.5 Å². The minimum absolute atomic E-state index is 0.0722. The van der Waals surface area contributed by atoms with Gasteiger partial charge in [-0.2, -0.15) is 0 Å². The summed E-state index contributed by atoms with van der Waals surface area (Å²) in [7, 11) is 3.22. The summed E-state index contributed by atoms with van der Waals surface area (Å²) in [5.74, 6) is 0.0409. The zero-order chi connectivity index (χ0) is 25.9. The summed E-state index contributed by atoms with van der Waals surface area (Å²) in [6.07, 6.45) is 2.05. The molecule has 0 aromatic heterocycles. The molecule has 9 heteroatoms. The van der Waals surface area contributed by atoms with Crippen molar-refractivity contribution in [2.75, 3.05) is 39.2 Å². The summed E-state index contributed by atoms with van der Waals surface area (Å²) >= 11 is 0. The number of likely N-dealkylation sites (N-methyl/N-ethyl adjacent to an activating group) is 1. The summed E-state index contributed by atoms with van der Waals surface area (Å²) in [6.45, 7) is 1.56. The molecule has 0 spiro atoms. The maximum atomic E-state index is 13.4. The number of fused-ring (bicyclic) bond motifs is 3. The SMILES string of the molecule is COCC(=O)Nc1ccc2c(c1)C(=O)N(C)[C@H]1CC[C@H](CC(=O)N3CCc4ccccc4C3)O[C@H]1CO2. The molecule has 0 unspecified atom stereocenters. The van der Waals surface area contributed by atoms with Crippen molar-refractivity contribution >= 4 is 23.4 Å². The Balaban J connectivity index is 1.23. The largest absolute Gasteiger partial charge is 0.490 e. The number of hydrogen-bond acceptors (Lipinski definition) is 6. The summed E-state index contributed by atoms with van der Waals surface area (Å²) in [4.78, 5) is 42.0. The number of rotatable bonds is 5. The number of benzene rings is 2. The Labute approximate surface area is 216 Å². The Kier molecular flexibility index (Phi) is 7.43. The van der Waals surface area contributed by atoms with Gasteiger partial charge in [0.1, 0.15) is 25.1 Å². The normalized spacial score (nSPS) is 23.1. The smallest absolute Gasteiger partial charge is 0.257 e. The highest BCUT2D eigenvalue weighted by atomic mass is 16.5. The van der Waals surface area contributed by atoms with Crippen molar-refractivity contribution in [3.63, 3.8) is 0 Å². The summed E-state index contributed by atoms with van der Waals surface area (Å²) in [5, 5.41) is 2.73. The van der Waals surface area contributed by atoms with E-state index in [9.17, 15) is 14.4 Å². The average molecular weight is 508 g/mol. The first-order valence-corrected chi connectivity index (χ1v) is 12.8. The highest BCUT2D eigenvalue weighted by Gasteiger charge is 2.39. The van der Waals surface area contributed by atoms with E-state index >= 15 is 0 Å². The van der Waals surface area contributed by atoms with Gasteiger partial charge in [-0.05, 0) is 48.6 Å². The predicted molar refractivity (Wildman–Crippen MR) is 136 cm³/mol. The van der Waals surface area contributed by atoms with Crippen LogP contribution in [0, 0.1) is 0 Å². The Morgan fingerprint density at radius 3 is 2.76 bits per heavy atom. The van der Waals surface area contributed by atoms with E-state index in [4.69, 9.17) is 14.2 Å². The first-order chi connectivity index (χ1) is 17.9. The molecule has 0 saturated carbocycles. The van der Waals surface area contributed by atoms with E-state index in [-0.39, 0.29) is 49.2 Å². The number of methoxy groups -OCH3 is 1. The quantitative estimate of drug-likeness (QED) is 0.668. The van der Waals surface area contributed by atoms with Crippen LogP contribution >= 0.6 is 0 Å². The van der Waals surface area contributed by atoms with Gasteiger partial charge in [-0.3, -0.25) is 14.4 Å². The molecule has 0 bridgehead atoms. The molecule has 1 fully saturated rings. The molecule has 196 valence electrons. The maximum Gasteiger partial charge on any atom is 0.257 e. The number of ether oxygens (including phenoxy) is 3. The zero-order valence-electron chi connectivity index (χ0n) is 21.3. The van der Waals surface area contributed by atoms with Crippen LogP contribution in [-0.2, 0) is 32.0 Å². The van der Waals surface area contributed by atoms with Gasteiger partial charge in [0, 0.05) is 32.9 Å². The van der Waals surface area contributed by atoms with Crippen LogP contribution in [-0.4, -0.2) is 79.7 Å². The summed E-state index contributed by atoms with van der Waals surface area (Å²) in [6, 6.07) is 13.1. The number of carbonyl (C=O) groups is 3. The van der Waals surface area contributed by atoms with E-state index in [1.807, 2.05) is 17.0 Å². The topological polar surface area (TPSA) is 97.4 Å². The molecule has 3 aliphatic heterocycles. The van der Waals surface area contributed by atoms with Gasteiger partial charge < -0.3 is 29.3 Å². The lowest BCUT2D eigenvalue weighted by atomic mass is 9.94. The highest BCUT2D eigenvalue weighted by molar-refractivity contribution is 6.00. The lowest BCUT2D eigenvalue weighted by Crippen LogP contribution is -2.54. The monoisotopic (exact) mass is 507 g/mol. The number of carbonyl (C=O) groups excluding carboxylic acids is 3. The van der Waals surface area contributed by atoms with E-state index in [0.717, 1.165) is 19.4 Å². The molecule has 2 aromatic rings. The minimum atomic E-state index is -0.336. The number of anilines is 1. The first kappa shape index (κ1) is 25.2. The molecule has 1 N–H and O–H groups in total. The lowest BCUT2D eigenvalue weighted by Gasteiger charge is -2.42. The van der Waals surface area contributed by atoms with Gasteiger partial charge in [-0.15, -0.1) is 0 Å². The molecular weight excluding hydrogens is 474 g/mol. The Morgan fingerprint density at radius 1 is 1.14 bits per heavy atom. The second-order valence-electron chi connectivity index (χ2n) is 9.90. The second-order valence-corrected chi connectivity index (χ2v) is 9.90. The Bertz CT molecular complexity index is 1180. The maximum absolute atomic E-state index is 13.4. The number of amides is 3.